The highest BCUT2D eigenvalue weighted by Crippen LogP contribution is 2.37. The van der Waals surface area contributed by atoms with Crippen molar-refractivity contribution in [1.29, 1.82) is 0 Å². The summed E-state index contributed by atoms with van der Waals surface area (Å²) in [5.41, 5.74) is -2.85. The van der Waals surface area contributed by atoms with E-state index in [-0.39, 0.29) is 6.54 Å². The van der Waals surface area contributed by atoms with Crippen molar-refractivity contribution in [1.82, 2.24) is 0 Å². The van der Waals surface area contributed by atoms with Crippen molar-refractivity contribution in [3.8, 4) is 0 Å². The minimum Gasteiger partial charge on any atom is -0.443 e. The van der Waals surface area contributed by atoms with E-state index in [1.54, 1.807) is 20.8 Å². The number of rotatable bonds is 4. The number of nitro benzene ring substituents is 1. The van der Waals surface area contributed by atoms with E-state index in [1.807, 2.05) is 0 Å². The number of carbonyl (C=O) groups excluding carboxylic acids is 1. The Bertz CT molecular complexity index is 925. The maximum Gasteiger partial charge on any atom is 0.415 e. The quantitative estimate of drug-likeness (QED) is 0.488. The fraction of sp³-hybridized carbons (Fsp3) is 0.350. The zero-order valence-electron chi connectivity index (χ0n) is 16.7. The summed E-state index contributed by atoms with van der Waals surface area (Å²) in [4.78, 5) is 23.8. The monoisotopic (exact) mass is 410 g/mol. The number of hydrogen-bond donors (Lipinski definition) is 0. The van der Waals surface area contributed by atoms with Gasteiger partial charge >= 0.3 is 6.09 Å². The van der Waals surface area contributed by atoms with Crippen molar-refractivity contribution in [3.05, 3.63) is 68.5 Å². The van der Waals surface area contributed by atoms with Crippen LogP contribution in [0.3, 0.4) is 0 Å². The Morgan fingerprint density at radius 1 is 1.07 bits per heavy atom. The van der Waals surface area contributed by atoms with Gasteiger partial charge in [0.2, 0.25) is 0 Å². The second-order valence-electron chi connectivity index (χ2n) is 7.53. The van der Waals surface area contributed by atoms with Gasteiger partial charge in [-0.15, -0.1) is 0 Å². The Balaban J connectivity index is 2.66. The summed E-state index contributed by atoms with van der Waals surface area (Å²) in [5, 5.41) is 11.2. The molecule has 2 aromatic rings. The van der Waals surface area contributed by atoms with Crippen LogP contribution in [-0.4, -0.2) is 16.6 Å². The van der Waals surface area contributed by atoms with Gasteiger partial charge in [-0.3, -0.25) is 15.0 Å². The standard InChI is InChI=1S/C20H21F3N2O4/c1-11-15(22)18(16(23)12(2)17(11)25(27)28)24(19(26)29-20(3,4)5)10-13-6-8-14(21)9-7-13/h6-9H,10H2,1-5H3. The van der Waals surface area contributed by atoms with Gasteiger partial charge in [0.25, 0.3) is 5.69 Å². The first kappa shape index (κ1) is 22.2. The summed E-state index contributed by atoms with van der Waals surface area (Å²) >= 11 is 0. The molecule has 0 aliphatic heterocycles. The Kier molecular flexibility index (Phi) is 6.20. The molecule has 29 heavy (non-hydrogen) atoms. The average molecular weight is 410 g/mol. The minimum absolute atomic E-state index is 0.334. The molecule has 0 N–H and O–H groups in total. The van der Waals surface area contributed by atoms with E-state index in [9.17, 15) is 19.3 Å². The molecule has 0 fully saturated rings. The normalized spacial score (nSPS) is 11.3. The number of nitrogens with zero attached hydrogens (tertiary/aromatic N) is 2. The number of ether oxygens (including phenoxy) is 1. The maximum atomic E-state index is 15.0. The van der Waals surface area contributed by atoms with E-state index in [1.165, 1.54) is 12.1 Å². The molecule has 2 rings (SSSR count). The highest BCUT2D eigenvalue weighted by Gasteiger charge is 2.34. The molecule has 1 amide bonds. The molecule has 0 spiro atoms. The van der Waals surface area contributed by atoms with Gasteiger partial charge in [0.15, 0.2) is 11.6 Å². The number of carbonyl (C=O) groups is 1. The fourth-order valence-electron chi connectivity index (χ4n) is 2.78. The number of anilines is 1. The summed E-state index contributed by atoms with van der Waals surface area (Å²) in [6.07, 6.45) is -1.05. The molecule has 0 radical (unpaired) electrons. The van der Waals surface area contributed by atoms with Crippen LogP contribution in [0.5, 0.6) is 0 Å². The first-order valence-electron chi connectivity index (χ1n) is 8.71. The predicted molar refractivity (Wildman–Crippen MR) is 101 cm³/mol. The lowest BCUT2D eigenvalue weighted by Gasteiger charge is -2.28. The molecule has 0 heterocycles. The van der Waals surface area contributed by atoms with Gasteiger partial charge in [-0.1, -0.05) is 12.1 Å². The van der Waals surface area contributed by atoms with Crippen LogP contribution in [-0.2, 0) is 11.3 Å². The van der Waals surface area contributed by atoms with Crippen LogP contribution in [0.4, 0.5) is 29.3 Å². The second-order valence-corrected chi connectivity index (χ2v) is 7.53. The molecule has 156 valence electrons. The van der Waals surface area contributed by atoms with Crippen LogP contribution in [0, 0.1) is 41.4 Å². The molecule has 0 saturated carbocycles. The zero-order valence-corrected chi connectivity index (χ0v) is 16.7. The topological polar surface area (TPSA) is 72.7 Å². The number of benzene rings is 2. The van der Waals surface area contributed by atoms with Crippen molar-refractivity contribution in [2.24, 2.45) is 0 Å². The van der Waals surface area contributed by atoms with E-state index in [0.717, 1.165) is 26.0 Å². The largest absolute Gasteiger partial charge is 0.443 e. The van der Waals surface area contributed by atoms with Crippen LogP contribution in [0.2, 0.25) is 0 Å². The lowest BCUT2D eigenvalue weighted by Crippen LogP contribution is -2.38. The summed E-state index contributed by atoms with van der Waals surface area (Å²) in [6.45, 7) is 6.68. The number of nitro groups is 1. The Morgan fingerprint density at radius 3 is 1.97 bits per heavy atom. The van der Waals surface area contributed by atoms with Gasteiger partial charge in [-0.2, -0.15) is 0 Å². The smallest absolute Gasteiger partial charge is 0.415 e. The third-order valence-electron chi connectivity index (χ3n) is 4.11. The molecule has 0 aliphatic rings. The van der Waals surface area contributed by atoms with Gasteiger partial charge in [-0.05, 0) is 52.3 Å². The van der Waals surface area contributed by atoms with E-state index in [4.69, 9.17) is 4.74 Å². The Labute approximate surface area is 166 Å². The molecule has 6 nitrogen and oxygen atoms in total. The van der Waals surface area contributed by atoms with Gasteiger partial charge < -0.3 is 4.74 Å². The maximum absolute atomic E-state index is 15.0. The highest BCUT2D eigenvalue weighted by molar-refractivity contribution is 5.89. The Hall–Kier alpha value is -3.10. The van der Waals surface area contributed by atoms with Gasteiger partial charge in [0, 0.05) is 0 Å². The summed E-state index contributed by atoms with van der Waals surface area (Å²) in [5.74, 6) is -3.00. The van der Waals surface area contributed by atoms with Crippen molar-refractivity contribution in [2.75, 3.05) is 4.90 Å². The summed E-state index contributed by atoms with van der Waals surface area (Å²) in [7, 11) is 0. The fourth-order valence-corrected chi connectivity index (χ4v) is 2.78. The Morgan fingerprint density at radius 2 is 1.55 bits per heavy atom. The molecule has 0 bridgehead atoms. The number of amides is 1. The van der Waals surface area contributed by atoms with Crippen molar-refractivity contribution in [2.45, 2.75) is 46.8 Å². The molecule has 2 aromatic carbocycles. The molecule has 0 atom stereocenters. The number of halogens is 3. The first-order valence-corrected chi connectivity index (χ1v) is 8.71. The van der Waals surface area contributed by atoms with Crippen LogP contribution in [0.1, 0.15) is 37.5 Å². The third kappa shape index (κ3) is 4.85. The van der Waals surface area contributed by atoms with Crippen molar-refractivity contribution >= 4 is 17.5 Å². The van der Waals surface area contributed by atoms with Crippen molar-refractivity contribution in [3.63, 3.8) is 0 Å². The van der Waals surface area contributed by atoms with E-state index in [2.05, 4.69) is 0 Å². The number of hydrogen-bond acceptors (Lipinski definition) is 4. The van der Waals surface area contributed by atoms with E-state index >= 15 is 8.78 Å². The summed E-state index contributed by atoms with van der Waals surface area (Å²) < 4.78 is 48.5. The molecule has 0 saturated heterocycles. The first-order chi connectivity index (χ1) is 13.3. The van der Waals surface area contributed by atoms with Crippen LogP contribution < -0.4 is 4.90 Å². The molecular weight excluding hydrogens is 389 g/mol. The predicted octanol–water partition coefficient (Wildman–Crippen LogP) is 5.57. The van der Waals surface area contributed by atoms with E-state index < -0.39 is 56.6 Å². The molecule has 0 aromatic heterocycles. The lowest BCUT2D eigenvalue weighted by atomic mass is 10.0. The zero-order chi connectivity index (χ0) is 22.1. The van der Waals surface area contributed by atoms with Crippen LogP contribution >= 0.6 is 0 Å². The average Bonchev–Trinajstić information content (AvgIpc) is 2.59. The van der Waals surface area contributed by atoms with Gasteiger partial charge in [0.05, 0.1) is 22.6 Å². The van der Waals surface area contributed by atoms with Crippen molar-refractivity contribution < 1.29 is 27.6 Å². The van der Waals surface area contributed by atoms with E-state index in [0.29, 0.717) is 10.5 Å². The molecule has 0 unspecified atom stereocenters. The van der Waals surface area contributed by atoms with Crippen LogP contribution in [0.25, 0.3) is 0 Å². The van der Waals surface area contributed by atoms with Gasteiger partial charge in [0.1, 0.15) is 17.1 Å². The summed E-state index contributed by atoms with van der Waals surface area (Å²) in [6, 6.07) is 4.99. The molecule has 9 heteroatoms. The lowest BCUT2D eigenvalue weighted by molar-refractivity contribution is -0.386. The molecular formula is C20H21F3N2O4. The van der Waals surface area contributed by atoms with Gasteiger partial charge in [-0.25, -0.2) is 18.0 Å². The van der Waals surface area contributed by atoms with Crippen LogP contribution in [0.15, 0.2) is 24.3 Å². The molecule has 0 aliphatic carbocycles. The second kappa shape index (κ2) is 8.10. The minimum atomic E-state index is -1.24. The third-order valence-corrected chi connectivity index (χ3v) is 4.11. The SMILES string of the molecule is Cc1c(F)c(N(Cc2ccc(F)cc2)C(=O)OC(C)(C)C)c(F)c(C)c1[N+](=O)[O-]. The highest BCUT2D eigenvalue weighted by atomic mass is 19.1.